The van der Waals surface area contributed by atoms with Gasteiger partial charge in [-0.1, -0.05) is 79.2 Å². The quantitative estimate of drug-likeness (QED) is 0.529. The molecule has 2 atom stereocenters. The first-order chi connectivity index (χ1) is 14.9. The van der Waals surface area contributed by atoms with Crippen molar-refractivity contribution in [1.82, 2.24) is 15.1 Å². The van der Waals surface area contributed by atoms with Crippen LogP contribution in [0.15, 0.2) is 60.7 Å². The smallest absolute Gasteiger partial charge is 0.343 e. The zero-order valence-corrected chi connectivity index (χ0v) is 18.6. The first kappa shape index (κ1) is 22.6. The molecule has 0 spiro atoms. The molecule has 6 nitrogen and oxygen atoms in total. The van der Waals surface area contributed by atoms with E-state index in [0.717, 1.165) is 11.1 Å². The summed E-state index contributed by atoms with van der Waals surface area (Å²) in [4.78, 5) is 25.1. The summed E-state index contributed by atoms with van der Waals surface area (Å²) in [7, 11) is 0. The Morgan fingerprint density at radius 1 is 1.06 bits per heavy atom. The number of aromatic nitrogens is 2. The maximum Gasteiger partial charge on any atom is 0.343 e. The number of hydrogen-bond donors (Lipinski definition) is 1. The van der Waals surface area contributed by atoms with Crippen LogP contribution in [-0.4, -0.2) is 34.3 Å². The van der Waals surface area contributed by atoms with E-state index in [1.807, 2.05) is 67.6 Å². The molecule has 0 aliphatic heterocycles. The number of carbonyl (C=O) groups excluding carboxylic acids is 2. The van der Waals surface area contributed by atoms with Gasteiger partial charge in [-0.15, -0.1) is 0 Å². The highest BCUT2D eigenvalue weighted by Crippen LogP contribution is 2.22. The van der Waals surface area contributed by atoms with Gasteiger partial charge in [0.1, 0.15) is 10.7 Å². The molecule has 0 bridgehead atoms. The summed E-state index contributed by atoms with van der Waals surface area (Å²) in [6, 6.07) is 19.6. The molecule has 0 aliphatic rings. The molecule has 162 valence electrons. The van der Waals surface area contributed by atoms with Crippen molar-refractivity contribution in [3.05, 3.63) is 88.2 Å². The van der Waals surface area contributed by atoms with E-state index in [-0.39, 0.29) is 22.5 Å². The molecular weight excluding hydrogens is 414 g/mol. The number of hydrogen-bond acceptors (Lipinski definition) is 4. The van der Waals surface area contributed by atoms with E-state index in [1.54, 1.807) is 11.6 Å². The van der Waals surface area contributed by atoms with Crippen LogP contribution >= 0.6 is 11.6 Å². The minimum atomic E-state index is -0.955. The number of amides is 1. The Balaban J connectivity index is 1.59. The third-order valence-corrected chi connectivity index (χ3v) is 5.43. The number of rotatable bonds is 8. The van der Waals surface area contributed by atoms with Gasteiger partial charge in [0, 0.05) is 6.54 Å². The van der Waals surface area contributed by atoms with E-state index in [0.29, 0.717) is 18.8 Å². The van der Waals surface area contributed by atoms with Crippen LogP contribution in [0.25, 0.3) is 0 Å². The van der Waals surface area contributed by atoms with Gasteiger partial charge in [-0.05, 0) is 30.9 Å². The van der Waals surface area contributed by atoms with Crippen molar-refractivity contribution in [2.45, 2.75) is 39.3 Å². The van der Waals surface area contributed by atoms with Gasteiger partial charge in [0.25, 0.3) is 5.91 Å². The fourth-order valence-electron chi connectivity index (χ4n) is 3.22. The summed E-state index contributed by atoms with van der Waals surface area (Å²) in [5.41, 5.74) is 2.76. The third kappa shape index (κ3) is 5.73. The monoisotopic (exact) mass is 439 g/mol. The van der Waals surface area contributed by atoms with Crippen LogP contribution in [0.2, 0.25) is 5.15 Å². The molecule has 1 amide bonds. The first-order valence-corrected chi connectivity index (χ1v) is 10.5. The summed E-state index contributed by atoms with van der Waals surface area (Å²) in [6.07, 6.45) is -0.955. The molecule has 0 fully saturated rings. The van der Waals surface area contributed by atoms with E-state index in [1.165, 1.54) is 6.92 Å². The van der Waals surface area contributed by atoms with Gasteiger partial charge in [-0.3, -0.25) is 4.79 Å². The molecule has 0 saturated carbocycles. The third-order valence-electron chi connectivity index (χ3n) is 5.05. The fourth-order valence-corrected chi connectivity index (χ4v) is 3.53. The Morgan fingerprint density at radius 2 is 1.68 bits per heavy atom. The summed E-state index contributed by atoms with van der Waals surface area (Å²) >= 11 is 6.41. The SMILES string of the molecule is Cc1nn(Cc2ccccc2)c(Cl)c1C(=O)O[C@@H](C)C(=O)NC[C@@H](C)c1ccccc1. The van der Waals surface area contributed by atoms with Crippen molar-refractivity contribution >= 4 is 23.5 Å². The normalized spacial score (nSPS) is 12.8. The standard InChI is InChI=1S/C24H26ClN3O3/c1-16(20-12-8-5-9-13-20)14-26-23(29)18(3)31-24(30)21-17(2)27-28(22(21)25)15-19-10-6-4-7-11-19/h4-13,16,18H,14-15H2,1-3H3,(H,26,29)/t16-,18+/m1/s1. The molecule has 0 radical (unpaired) electrons. The van der Waals surface area contributed by atoms with Gasteiger partial charge in [-0.2, -0.15) is 5.10 Å². The molecule has 1 aromatic heterocycles. The van der Waals surface area contributed by atoms with Crippen molar-refractivity contribution in [2.24, 2.45) is 0 Å². The van der Waals surface area contributed by atoms with E-state index < -0.39 is 12.1 Å². The summed E-state index contributed by atoms with van der Waals surface area (Å²) in [5, 5.41) is 7.38. The lowest BCUT2D eigenvalue weighted by molar-refractivity contribution is -0.129. The Morgan fingerprint density at radius 3 is 2.32 bits per heavy atom. The van der Waals surface area contributed by atoms with Crippen LogP contribution in [0.3, 0.4) is 0 Å². The second kappa shape index (κ2) is 10.3. The number of halogens is 1. The molecule has 1 N–H and O–H groups in total. The van der Waals surface area contributed by atoms with Gasteiger partial charge in [0.2, 0.25) is 0 Å². The largest absolute Gasteiger partial charge is 0.449 e. The van der Waals surface area contributed by atoms with Crippen molar-refractivity contribution in [1.29, 1.82) is 0 Å². The zero-order valence-electron chi connectivity index (χ0n) is 17.8. The molecule has 31 heavy (non-hydrogen) atoms. The lowest BCUT2D eigenvalue weighted by atomic mass is 10.0. The molecule has 0 aliphatic carbocycles. The zero-order chi connectivity index (χ0) is 22.4. The highest BCUT2D eigenvalue weighted by atomic mass is 35.5. The Kier molecular flexibility index (Phi) is 7.47. The van der Waals surface area contributed by atoms with E-state index >= 15 is 0 Å². The van der Waals surface area contributed by atoms with Crippen molar-refractivity contribution < 1.29 is 14.3 Å². The molecule has 0 unspecified atom stereocenters. The van der Waals surface area contributed by atoms with Crippen LogP contribution in [0, 0.1) is 6.92 Å². The summed E-state index contributed by atoms with van der Waals surface area (Å²) in [5.74, 6) is -0.886. The summed E-state index contributed by atoms with van der Waals surface area (Å²) in [6.45, 7) is 6.13. The number of carbonyl (C=O) groups is 2. The van der Waals surface area contributed by atoms with Crippen molar-refractivity contribution in [2.75, 3.05) is 6.54 Å². The minimum Gasteiger partial charge on any atom is -0.449 e. The van der Waals surface area contributed by atoms with Gasteiger partial charge in [-0.25, -0.2) is 9.48 Å². The fraction of sp³-hybridized carbons (Fsp3) is 0.292. The van der Waals surface area contributed by atoms with Crippen molar-refractivity contribution in [3.63, 3.8) is 0 Å². The molecular formula is C24H26ClN3O3. The van der Waals surface area contributed by atoms with Gasteiger partial charge in [0.15, 0.2) is 6.10 Å². The molecule has 3 rings (SSSR count). The van der Waals surface area contributed by atoms with Crippen LogP contribution < -0.4 is 5.32 Å². The molecule has 7 heteroatoms. The second-order valence-electron chi connectivity index (χ2n) is 7.50. The molecule has 0 saturated heterocycles. The molecule has 3 aromatic rings. The number of esters is 1. The number of nitrogens with zero attached hydrogens (tertiary/aromatic N) is 2. The predicted octanol–water partition coefficient (Wildman–Crippen LogP) is 4.36. The van der Waals surface area contributed by atoms with Crippen molar-refractivity contribution in [3.8, 4) is 0 Å². The Hall–Kier alpha value is -3.12. The van der Waals surface area contributed by atoms with E-state index in [2.05, 4.69) is 10.4 Å². The Bertz CT molecular complexity index is 1030. The van der Waals surface area contributed by atoms with E-state index in [9.17, 15) is 9.59 Å². The van der Waals surface area contributed by atoms with Gasteiger partial charge in [0.05, 0.1) is 12.2 Å². The number of nitrogens with one attached hydrogen (secondary N) is 1. The molecule has 2 aromatic carbocycles. The average molecular weight is 440 g/mol. The van der Waals surface area contributed by atoms with Crippen LogP contribution in [0.5, 0.6) is 0 Å². The van der Waals surface area contributed by atoms with Crippen LogP contribution in [-0.2, 0) is 16.1 Å². The topological polar surface area (TPSA) is 73.2 Å². The lowest BCUT2D eigenvalue weighted by Crippen LogP contribution is -2.37. The second-order valence-corrected chi connectivity index (χ2v) is 7.86. The lowest BCUT2D eigenvalue weighted by Gasteiger charge is -2.16. The number of ether oxygens (including phenoxy) is 1. The van der Waals surface area contributed by atoms with Crippen LogP contribution in [0.1, 0.15) is 46.9 Å². The summed E-state index contributed by atoms with van der Waals surface area (Å²) < 4.78 is 6.92. The maximum absolute atomic E-state index is 12.7. The van der Waals surface area contributed by atoms with Gasteiger partial charge < -0.3 is 10.1 Å². The maximum atomic E-state index is 12.7. The predicted molar refractivity (Wildman–Crippen MR) is 120 cm³/mol. The minimum absolute atomic E-state index is 0.140. The molecule has 1 heterocycles. The number of benzene rings is 2. The average Bonchev–Trinajstić information content (AvgIpc) is 3.05. The van der Waals surface area contributed by atoms with Crippen LogP contribution in [0.4, 0.5) is 0 Å². The highest BCUT2D eigenvalue weighted by Gasteiger charge is 2.26. The number of aryl methyl sites for hydroxylation is 1. The first-order valence-electron chi connectivity index (χ1n) is 10.2. The highest BCUT2D eigenvalue weighted by molar-refractivity contribution is 6.32. The van der Waals surface area contributed by atoms with E-state index in [4.69, 9.17) is 16.3 Å². The Labute approximate surface area is 187 Å². The van der Waals surface area contributed by atoms with Gasteiger partial charge >= 0.3 is 5.97 Å².